The fourth-order valence-corrected chi connectivity index (χ4v) is 3.87. The Morgan fingerprint density at radius 1 is 1.18 bits per heavy atom. The first-order valence-electron chi connectivity index (χ1n) is 10.5. The van der Waals surface area contributed by atoms with E-state index in [-0.39, 0.29) is 0 Å². The summed E-state index contributed by atoms with van der Waals surface area (Å²) in [7, 11) is 0. The van der Waals surface area contributed by atoms with Gasteiger partial charge in [-0.15, -0.1) is 0 Å². The third kappa shape index (κ3) is 4.39. The minimum Gasteiger partial charge on any atom is -0.397 e. The molecule has 1 aliphatic heterocycles. The molecule has 3 rings (SSSR count). The van der Waals surface area contributed by atoms with Gasteiger partial charge in [0.1, 0.15) is 0 Å². The molecule has 1 saturated heterocycles. The Kier molecular flexibility index (Phi) is 6.40. The van der Waals surface area contributed by atoms with Crippen molar-refractivity contribution in [1.29, 1.82) is 0 Å². The van der Waals surface area contributed by atoms with E-state index in [2.05, 4.69) is 75.0 Å². The highest BCUT2D eigenvalue weighted by molar-refractivity contribution is 5.87. The second-order valence-corrected chi connectivity index (χ2v) is 7.94. The van der Waals surface area contributed by atoms with E-state index >= 15 is 0 Å². The number of hydrogen-bond acceptors (Lipinski definition) is 4. The zero-order valence-electron chi connectivity index (χ0n) is 18.0. The van der Waals surface area contributed by atoms with E-state index in [1.807, 2.05) is 6.07 Å². The molecule has 0 bridgehead atoms. The largest absolute Gasteiger partial charge is 0.397 e. The van der Waals surface area contributed by atoms with Gasteiger partial charge in [0, 0.05) is 18.3 Å². The van der Waals surface area contributed by atoms with Gasteiger partial charge in [0.05, 0.1) is 22.7 Å². The molecule has 4 heteroatoms. The molecule has 1 heterocycles. The number of aryl methyl sites for hydroxylation is 2. The van der Waals surface area contributed by atoms with Crippen LogP contribution in [-0.4, -0.2) is 23.3 Å². The minimum atomic E-state index is 0.507. The molecule has 28 heavy (non-hydrogen) atoms. The van der Waals surface area contributed by atoms with Crippen molar-refractivity contribution >= 4 is 28.5 Å². The third-order valence-corrected chi connectivity index (χ3v) is 5.63. The van der Waals surface area contributed by atoms with Crippen LogP contribution in [0.3, 0.4) is 0 Å². The highest BCUT2D eigenvalue weighted by Crippen LogP contribution is 2.37. The molecule has 2 aromatic carbocycles. The Morgan fingerprint density at radius 3 is 2.61 bits per heavy atom. The van der Waals surface area contributed by atoms with Crippen LogP contribution >= 0.6 is 0 Å². The van der Waals surface area contributed by atoms with Crippen LogP contribution < -0.4 is 10.7 Å². The van der Waals surface area contributed by atoms with Gasteiger partial charge in [-0.25, -0.2) is 5.01 Å². The lowest BCUT2D eigenvalue weighted by Gasteiger charge is -2.37. The molecule has 1 unspecified atom stereocenters. The van der Waals surface area contributed by atoms with Gasteiger partial charge in [0.25, 0.3) is 0 Å². The second-order valence-electron chi connectivity index (χ2n) is 7.94. The lowest BCUT2D eigenvalue weighted by atomic mass is 10.1. The van der Waals surface area contributed by atoms with Gasteiger partial charge >= 0.3 is 0 Å². The van der Waals surface area contributed by atoms with E-state index in [9.17, 15) is 0 Å². The molecule has 1 aliphatic rings. The van der Waals surface area contributed by atoms with Crippen molar-refractivity contribution < 1.29 is 0 Å². The number of nitrogen functional groups attached to an aromatic ring is 1. The van der Waals surface area contributed by atoms with Crippen molar-refractivity contribution in [3.8, 4) is 0 Å². The number of nitrogens with two attached hydrogens (primary N) is 1. The van der Waals surface area contributed by atoms with Crippen molar-refractivity contribution in [1.82, 2.24) is 5.01 Å². The summed E-state index contributed by atoms with van der Waals surface area (Å²) in [6, 6.07) is 13.6. The Morgan fingerprint density at radius 2 is 1.96 bits per heavy atom. The lowest BCUT2D eigenvalue weighted by Crippen LogP contribution is -2.41. The first-order valence-corrected chi connectivity index (χ1v) is 10.5. The zero-order chi connectivity index (χ0) is 20.3. The van der Waals surface area contributed by atoms with Crippen LogP contribution in [0.15, 0.2) is 41.4 Å². The number of nitrogens with zero attached hydrogens (tertiary/aromatic N) is 3. The summed E-state index contributed by atoms with van der Waals surface area (Å²) >= 11 is 0. The van der Waals surface area contributed by atoms with E-state index < -0.39 is 0 Å². The molecular weight excluding hydrogens is 344 g/mol. The van der Waals surface area contributed by atoms with Crippen LogP contribution in [-0.2, 0) is 6.42 Å². The summed E-state index contributed by atoms with van der Waals surface area (Å²) in [4.78, 5) is 4.76. The molecule has 0 aromatic heterocycles. The van der Waals surface area contributed by atoms with E-state index in [4.69, 9.17) is 10.7 Å². The van der Waals surface area contributed by atoms with E-state index in [0.717, 1.165) is 42.2 Å². The van der Waals surface area contributed by atoms with Crippen molar-refractivity contribution in [3.63, 3.8) is 0 Å². The lowest BCUT2D eigenvalue weighted by molar-refractivity contribution is 0.273. The van der Waals surface area contributed by atoms with Gasteiger partial charge in [-0.05, 0) is 87.9 Å². The Bertz CT molecular complexity index is 856. The number of aliphatic imine (C=N–C) groups is 1. The predicted octanol–water partition coefficient (Wildman–Crippen LogP) is 6.18. The number of hydrazine groups is 1. The summed E-state index contributed by atoms with van der Waals surface area (Å²) in [6.07, 6.45) is 4.40. The highest BCUT2D eigenvalue weighted by atomic mass is 15.6. The van der Waals surface area contributed by atoms with Gasteiger partial charge in [-0.1, -0.05) is 19.9 Å². The quantitative estimate of drug-likeness (QED) is 0.482. The summed E-state index contributed by atoms with van der Waals surface area (Å²) in [6.45, 7) is 11.9. The Hall–Kier alpha value is -2.33. The van der Waals surface area contributed by atoms with E-state index in [1.54, 1.807) is 0 Å². The van der Waals surface area contributed by atoms with Crippen molar-refractivity contribution in [2.45, 2.75) is 66.3 Å². The van der Waals surface area contributed by atoms with Crippen LogP contribution in [0.1, 0.15) is 58.1 Å². The molecule has 150 valence electrons. The van der Waals surface area contributed by atoms with Crippen LogP contribution in [0.4, 0.5) is 22.7 Å². The monoisotopic (exact) mass is 378 g/mol. The molecular formula is C24H34N4. The average molecular weight is 379 g/mol. The van der Waals surface area contributed by atoms with E-state index in [1.165, 1.54) is 29.7 Å². The molecule has 4 nitrogen and oxygen atoms in total. The normalized spacial score (nSPS) is 17.9. The number of benzene rings is 2. The average Bonchev–Trinajstić information content (AvgIpc) is 3.09. The van der Waals surface area contributed by atoms with Gasteiger partial charge in [-0.3, -0.25) is 10.0 Å². The fraction of sp³-hybridized carbons (Fsp3) is 0.458. The maximum atomic E-state index is 6.24. The predicted molar refractivity (Wildman–Crippen MR) is 122 cm³/mol. The van der Waals surface area contributed by atoms with Crippen molar-refractivity contribution in [3.05, 3.63) is 47.5 Å². The maximum absolute atomic E-state index is 6.24. The van der Waals surface area contributed by atoms with Crippen molar-refractivity contribution in [2.24, 2.45) is 4.99 Å². The zero-order valence-corrected chi connectivity index (χ0v) is 18.0. The Balaban J connectivity index is 2.13. The fourth-order valence-electron chi connectivity index (χ4n) is 3.87. The van der Waals surface area contributed by atoms with Crippen LogP contribution in [0.5, 0.6) is 0 Å². The van der Waals surface area contributed by atoms with Gasteiger partial charge in [0.15, 0.2) is 0 Å². The number of anilines is 3. The maximum Gasteiger partial charge on any atom is 0.0879 e. The summed E-state index contributed by atoms with van der Waals surface area (Å²) in [5.41, 5.74) is 13.9. The molecule has 2 aromatic rings. The summed E-state index contributed by atoms with van der Waals surface area (Å²) in [5, 5.41) is 4.86. The molecule has 0 radical (unpaired) electrons. The molecule has 1 fully saturated rings. The van der Waals surface area contributed by atoms with Gasteiger partial charge < -0.3 is 5.73 Å². The van der Waals surface area contributed by atoms with Crippen molar-refractivity contribution in [2.75, 3.05) is 17.3 Å². The summed E-state index contributed by atoms with van der Waals surface area (Å²) < 4.78 is 0. The summed E-state index contributed by atoms with van der Waals surface area (Å²) in [5.74, 6) is 0. The molecule has 1 atom stereocenters. The molecule has 0 aliphatic carbocycles. The molecule has 2 N–H and O–H groups in total. The van der Waals surface area contributed by atoms with Crippen LogP contribution in [0, 0.1) is 6.92 Å². The number of rotatable bonds is 6. The van der Waals surface area contributed by atoms with Crippen LogP contribution in [0.25, 0.3) is 0 Å². The van der Waals surface area contributed by atoms with Crippen LogP contribution in [0.2, 0.25) is 0 Å². The SMILES string of the molecule is CC/C(C)=N/c1cc(N(c2cc(C)cc(CC)c2)N2CCCC2C)ccc1N. The minimum absolute atomic E-state index is 0.507. The second kappa shape index (κ2) is 8.78. The standard InChI is InChI=1S/C24H34N4/c1-6-18(4)26-24-16-21(10-11-23(24)25)28(27-12-8-9-19(27)5)22-14-17(3)13-20(7-2)15-22/h10-11,13-16,19H,6-9,12,25H2,1-5H3/b26-18+. The molecule has 0 saturated carbocycles. The third-order valence-electron chi connectivity index (χ3n) is 5.63. The highest BCUT2D eigenvalue weighted by Gasteiger charge is 2.28. The smallest absolute Gasteiger partial charge is 0.0879 e. The molecule has 0 spiro atoms. The number of hydrogen-bond donors (Lipinski definition) is 1. The van der Waals surface area contributed by atoms with E-state index in [0.29, 0.717) is 6.04 Å². The van der Waals surface area contributed by atoms with Gasteiger partial charge in [0.2, 0.25) is 0 Å². The van der Waals surface area contributed by atoms with Gasteiger partial charge in [-0.2, -0.15) is 0 Å². The topological polar surface area (TPSA) is 44.9 Å². The first-order chi connectivity index (χ1) is 13.4. The molecule has 0 amide bonds. The first kappa shape index (κ1) is 20.4. The Labute approximate surface area is 170 Å².